The Kier molecular flexibility index (Phi) is 4.00. The molecule has 1 atom stereocenters. The lowest BCUT2D eigenvalue weighted by Crippen LogP contribution is -2.38. The van der Waals surface area contributed by atoms with Gasteiger partial charge in [-0.25, -0.2) is 9.19 Å². The van der Waals surface area contributed by atoms with Gasteiger partial charge in [0.2, 0.25) is 0 Å². The fourth-order valence-electron chi connectivity index (χ4n) is 2.14. The number of aromatic nitrogens is 1. The van der Waals surface area contributed by atoms with Gasteiger partial charge in [0.1, 0.15) is 16.3 Å². The number of oxazole rings is 1. The average molecular weight is 295 g/mol. The van der Waals surface area contributed by atoms with Gasteiger partial charge in [0.25, 0.3) is 5.22 Å². The number of rotatable bonds is 4. The number of morpholine rings is 1. The number of benzene rings is 1. The highest BCUT2D eigenvalue weighted by molar-refractivity contribution is 7.84. The Morgan fingerprint density at radius 3 is 2.95 bits per heavy atom. The molecule has 0 spiro atoms. The first-order valence-corrected chi connectivity index (χ1v) is 7.89. The number of ether oxygens (including phenoxy) is 1. The summed E-state index contributed by atoms with van der Waals surface area (Å²) in [5.41, 5.74) is 7.57. The second-order valence-corrected chi connectivity index (χ2v) is 6.16. The number of fused-ring (bicyclic) bond motifs is 1. The average Bonchev–Trinajstić information content (AvgIpc) is 2.89. The minimum absolute atomic E-state index is 0.277. The van der Waals surface area contributed by atoms with E-state index in [0.717, 1.165) is 32.8 Å². The zero-order valence-electron chi connectivity index (χ0n) is 11.1. The van der Waals surface area contributed by atoms with E-state index in [-0.39, 0.29) is 5.22 Å². The summed E-state index contributed by atoms with van der Waals surface area (Å²) in [4.78, 5) is 6.49. The maximum absolute atomic E-state index is 12.2. The van der Waals surface area contributed by atoms with E-state index in [9.17, 15) is 4.21 Å². The van der Waals surface area contributed by atoms with Crippen LogP contribution in [0.4, 0.5) is 5.69 Å². The Hall–Kier alpha value is -1.44. The molecule has 1 aromatic carbocycles. The van der Waals surface area contributed by atoms with Crippen LogP contribution in [0.15, 0.2) is 27.8 Å². The number of nitrogens with zero attached hydrogens (tertiary/aromatic N) is 2. The fraction of sp³-hybridized carbons (Fsp3) is 0.462. The molecule has 0 radical (unpaired) electrons. The first-order valence-electron chi connectivity index (χ1n) is 6.57. The van der Waals surface area contributed by atoms with Gasteiger partial charge in [0, 0.05) is 37.1 Å². The van der Waals surface area contributed by atoms with Crippen LogP contribution in [-0.4, -0.2) is 52.7 Å². The smallest absolute Gasteiger partial charge is 0.287 e. The SMILES string of the molecule is Nc1ccc2nc(S(=O)CCN3CCOCC3)oc2c1. The van der Waals surface area contributed by atoms with Gasteiger partial charge in [-0.1, -0.05) is 0 Å². The van der Waals surface area contributed by atoms with Crippen LogP contribution in [0.25, 0.3) is 11.1 Å². The first kappa shape index (κ1) is 13.5. The molecule has 1 aliphatic heterocycles. The third kappa shape index (κ3) is 3.00. The molecule has 2 heterocycles. The minimum Gasteiger partial charge on any atom is -0.430 e. The van der Waals surface area contributed by atoms with Crippen molar-refractivity contribution in [2.75, 3.05) is 44.3 Å². The van der Waals surface area contributed by atoms with Crippen molar-refractivity contribution in [3.05, 3.63) is 18.2 Å². The molecule has 108 valence electrons. The van der Waals surface area contributed by atoms with Crippen LogP contribution < -0.4 is 5.73 Å². The lowest BCUT2D eigenvalue weighted by molar-refractivity contribution is 0.0409. The number of hydrogen-bond donors (Lipinski definition) is 1. The molecule has 20 heavy (non-hydrogen) atoms. The largest absolute Gasteiger partial charge is 0.430 e. The molecule has 1 fully saturated rings. The van der Waals surface area contributed by atoms with E-state index in [2.05, 4.69) is 9.88 Å². The van der Waals surface area contributed by atoms with Gasteiger partial charge in [-0.3, -0.25) is 4.90 Å². The van der Waals surface area contributed by atoms with Crippen LogP contribution in [0.3, 0.4) is 0 Å². The second-order valence-electron chi connectivity index (χ2n) is 4.71. The quantitative estimate of drug-likeness (QED) is 0.842. The van der Waals surface area contributed by atoms with Gasteiger partial charge in [-0.2, -0.15) is 0 Å². The molecule has 6 nitrogen and oxygen atoms in total. The van der Waals surface area contributed by atoms with Gasteiger partial charge in [0.15, 0.2) is 5.58 Å². The molecule has 1 unspecified atom stereocenters. The first-order chi connectivity index (χ1) is 9.72. The highest BCUT2D eigenvalue weighted by Crippen LogP contribution is 2.20. The predicted molar refractivity (Wildman–Crippen MR) is 77.0 cm³/mol. The summed E-state index contributed by atoms with van der Waals surface area (Å²) >= 11 is 0. The van der Waals surface area contributed by atoms with Crippen molar-refractivity contribution in [2.45, 2.75) is 5.22 Å². The molecule has 2 N–H and O–H groups in total. The van der Waals surface area contributed by atoms with Crippen molar-refractivity contribution >= 4 is 27.6 Å². The van der Waals surface area contributed by atoms with Crippen LogP contribution in [0, 0.1) is 0 Å². The zero-order chi connectivity index (χ0) is 13.9. The third-order valence-corrected chi connectivity index (χ3v) is 4.40. The summed E-state index contributed by atoms with van der Waals surface area (Å²) in [7, 11) is -1.23. The molecule has 0 amide bonds. The molecule has 2 aromatic rings. The van der Waals surface area contributed by atoms with Crippen molar-refractivity contribution in [1.82, 2.24) is 9.88 Å². The lowest BCUT2D eigenvalue weighted by atomic mass is 10.3. The van der Waals surface area contributed by atoms with E-state index in [1.807, 2.05) is 0 Å². The summed E-state index contributed by atoms with van der Waals surface area (Å²) in [6.07, 6.45) is 0. The summed E-state index contributed by atoms with van der Waals surface area (Å²) in [5.74, 6) is 0.516. The van der Waals surface area contributed by atoms with Crippen molar-refractivity contribution in [3.8, 4) is 0 Å². The number of nitrogens with two attached hydrogens (primary N) is 1. The van der Waals surface area contributed by atoms with Crippen LogP contribution in [0.5, 0.6) is 0 Å². The van der Waals surface area contributed by atoms with Gasteiger partial charge >= 0.3 is 0 Å². The molecule has 1 saturated heterocycles. The molecule has 0 aliphatic carbocycles. The molecule has 3 rings (SSSR count). The molecule has 0 saturated carbocycles. The van der Waals surface area contributed by atoms with Crippen LogP contribution >= 0.6 is 0 Å². The molecule has 1 aromatic heterocycles. The number of nitrogen functional groups attached to an aromatic ring is 1. The highest BCUT2D eigenvalue weighted by atomic mass is 32.2. The lowest BCUT2D eigenvalue weighted by Gasteiger charge is -2.25. The van der Waals surface area contributed by atoms with E-state index in [0.29, 0.717) is 22.5 Å². The summed E-state index contributed by atoms with van der Waals surface area (Å²) in [6, 6.07) is 5.23. The minimum atomic E-state index is -1.23. The van der Waals surface area contributed by atoms with Crippen molar-refractivity contribution in [3.63, 3.8) is 0 Å². The standard InChI is InChI=1S/C13H17N3O3S/c14-10-1-2-11-12(9-10)19-13(15-11)20(17)8-5-16-3-6-18-7-4-16/h1-2,9H,3-8,14H2. The van der Waals surface area contributed by atoms with Gasteiger partial charge < -0.3 is 14.9 Å². The maximum Gasteiger partial charge on any atom is 0.287 e. The van der Waals surface area contributed by atoms with Crippen molar-refractivity contribution in [1.29, 1.82) is 0 Å². The van der Waals surface area contributed by atoms with Crippen LogP contribution in [0.2, 0.25) is 0 Å². The van der Waals surface area contributed by atoms with Gasteiger partial charge in [-0.15, -0.1) is 0 Å². The van der Waals surface area contributed by atoms with Crippen molar-refractivity contribution < 1.29 is 13.4 Å². The number of hydrogen-bond acceptors (Lipinski definition) is 6. The summed E-state index contributed by atoms with van der Waals surface area (Å²) in [6.45, 7) is 4.03. The molecular weight excluding hydrogens is 278 g/mol. The Morgan fingerprint density at radius 2 is 2.15 bits per heavy atom. The maximum atomic E-state index is 12.2. The molecule has 1 aliphatic rings. The van der Waals surface area contributed by atoms with E-state index < -0.39 is 10.8 Å². The highest BCUT2D eigenvalue weighted by Gasteiger charge is 2.16. The normalized spacial score (nSPS) is 18.4. The van der Waals surface area contributed by atoms with Crippen LogP contribution in [0.1, 0.15) is 0 Å². The predicted octanol–water partition coefficient (Wildman–Crippen LogP) is 0.850. The van der Waals surface area contributed by atoms with Crippen molar-refractivity contribution in [2.24, 2.45) is 0 Å². The molecule has 0 bridgehead atoms. The summed E-state index contributed by atoms with van der Waals surface area (Å²) in [5, 5.41) is 0.277. The molecule has 7 heteroatoms. The van der Waals surface area contributed by atoms with E-state index in [1.165, 1.54) is 0 Å². The summed E-state index contributed by atoms with van der Waals surface area (Å²) < 4.78 is 23.0. The Labute approximate surface area is 119 Å². The van der Waals surface area contributed by atoms with Gasteiger partial charge in [0.05, 0.1) is 13.2 Å². The Bertz CT molecular complexity index is 622. The second kappa shape index (κ2) is 5.90. The Morgan fingerprint density at radius 1 is 1.35 bits per heavy atom. The fourth-order valence-corrected chi connectivity index (χ4v) is 3.12. The topological polar surface area (TPSA) is 81.6 Å². The van der Waals surface area contributed by atoms with Gasteiger partial charge in [-0.05, 0) is 12.1 Å². The molecular formula is C13H17N3O3S. The van der Waals surface area contributed by atoms with E-state index in [1.54, 1.807) is 18.2 Å². The third-order valence-electron chi connectivity index (χ3n) is 3.28. The van der Waals surface area contributed by atoms with Crippen LogP contribution in [-0.2, 0) is 15.5 Å². The van der Waals surface area contributed by atoms with E-state index in [4.69, 9.17) is 14.9 Å². The monoisotopic (exact) mass is 295 g/mol. The Balaban J connectivity index is 1.65. The van der Waals surface area contributed by atoms with E-state index >= 15 is 0 Å². The zero-order valence-corrected chi connectivity index (χ0v) is 11.9. The number of anilines is 1.